The van der Waals surface area contributed by atoms with E-state index in [9.17, 15) is 9.90 Å². The maximum absolute atomic E-state index is 12.7. The Kier molecular flexibility index (Phi) is 6.64. The van der Waals surface area contributed by atoms with Crippen LogP contribution in [-0.2, 0) is 4.79 Å². The van der Waals surface area contributed by atoms with Crippen LogP contribution in [0, 0.1) is 17.8 Å². The molecule has 1 aliphatic rings. The first-order valence-corrected chi connectivity index (χ1v) is 8.96. The fraction of sp³-hybridized carbons (Fsp3) is 0.750. The lowest BCUT2D eigenvalue weighted by molar-refractivity contribution is -0.130. The van der Waals surface area contributed by atoms with E-state index in [1.54, 1.807) is 0 Å². The minimum absolute atomic E-state index is 0.0607. The van der Waals surface area contributed by atoms with Gasteiger partial charge in [0, 0.05) is 23.6 Å². The first-order chi connectivity index (χ1) is 10.5. The Morgan fingerprint density at radius 2 is 1.57 bits per heavy atom. The van der Waals surface area contributed by atoms with Crippen LogP contribution in [0.2, 0.25) is 0 Å². The topological polar surface area (TPSA) is 40.5 Å². The Morgan fingerprint density at radius 1 is 1.09 bits per heavy atom. The Bertz CT molecular complexity index is 456. The zero-order chi connectivity index (χ0) is 17.9. The summed E-state index contributed by atoms with van der Waals surface area (Å²) in [6, 6.07) is 0.357. The van der Waals surface area contributed by atoms with Crippen LogP contribution in [0.3, 0.4) is 0 Å². The van der Waals surface area contributed by atoms with Crippen LogP contribution < -0.4 is 0 Å². The van der Waals surface area contributed by atoms with Gasteiger partial charge in [0.25, 0.3) is 5.91 Å². The van der Waals surface area contributed by atoms with Crippen molar-refractivity contribution in [3.05, 3.63) is 23.8 Å². The molecule has 0 fully saturated rings. The number of hydrogen-bond acceptors (Lipinski definition) is 2. The first-order valence-electron chi connectivity index (χ1n) is 8.96. The Balaban J connectivity index is 2.95. The largest absolute Gasteiger partial charge is 0.389 e. The number of hydrogen-bond donors (Lipinski definition) is 1. The molecule has 0 aliphatic heterocycles. The van der Waals surface area contributed by atoms with Crippen molar-refractivity contribution in [2.75, 3.05) is 0 Å². The Labute approximate surface area is 142 Å². The first kappa shape index (κ1) is 20.0. The lowest BCUT2D eigenvalue weighted by atomic mass is 9.69. The highest BCUT2D eigenvalue weighted by atomic mass is 16.3. The lowest BCUT2D eigenvalue weighted by Crippen LogP contribution is -2.47. The van der Waals surface area contributed by atoms with E-state index in [4.69, 9.17) is 0 Å². The fourth-order valence-corrected chi connectivity index (χ4v) is 3.86. The third kappa shape index (κ3) is 4.06. The number of nitrogens with zero attached hydrogens (tertiary/aromatic N) is 1. The van der Waals surface area contributed by atoms with Crippen LogP contribution in [-0.4, -0.2) is 33.6 Å². The molecule has 1 aliphatic carbocycles. The van der Waals surface area contributed by atoms with E-state index in [1.807, 2.05) is 50.8 Å². The van der Waals surface area contributed by atoms with E-state index in [0.717, 1.165) is 5.57 Å². The van der Waals surface area contributed by atoms with Crippen molar-refractivity contribution < 1.29 is 9.90 Å². The van der Waals surface area contributed by atoms with E-state index in [0.29, 0.717) is 6.42 Å². The van der Waals surface area contributed by atoms with Gasteiger partial charge in [0.05, 0.1) is 5.60 Å². The van der Waals surface area contributed by atoms with Crippen molar-refractivity contribution in [2.24, 2.45) is 17.8 Å². The summed E-state index contributed by atoms with van der Waals surface area (Å²) in [5.41, 5.74) is 0.00989. The van der Waals surface area contributed by atoms with Gasteiger partial charge in [-0.05, 0) is 46.0 Å². The van der Waals surface area contributed by atoms with Crippen LogP contribution in [0.15, 0.2) is 23.8 Å². The molecule has 132 valence electrons. The van der Waals surface area contributed by atoms with E-state index >= 15 is 0 Å². The van der Waals surface area contributed by atoms with Gasteiger partial charge in [-0.3, -0.25) is 4.79 Å². The summed E-state index contributed by atoms with van der Waals surface area (Å²) in [6.07, 6.45) is 6.66. The van der Waals surface area contributed by atoms with Crippen molar-refractivity contribution in [1.29, 1.82) is 0 Å². The summed E-state index contributed by atoms with van der Waals surface area (Å²) >= 11 is 0. The molecule has 0 heterocycles. The van der Waals surface area contributed by atoms with Gasteiger partial charge in [-0.25, -0.2) is 0 Å². The van der Waals surface area contributed by atoms with Crippen LogP contribution in [0.1, 0.15) is 61.8 Å². The fourth-order valence-electron chi connectivity index (χ4n) is 3.86. The molecule has 3 nitrogen and oxygen atoms in total. The molecule has 1 atom stereocenters. The monoisotopic (exact) mass is 321 g/mol. The molecule has 1 unspecified atom stereocenters. The molecule has 0 bridgehead atoms. The van der Waals surface area contributed by atoms with E-state index in [2.05, 4.69) is 27.7 Å². The van der Waals surface area contributed by atoms with E-state index in [1.165, 1.54) is 0 Å². The standard InChI is InChI=1S/C20H35NO2/c1-13(2)20(23,14(3)4)18-11-9-17(10-12-18)19(22)21(15(5)6)16(7)8/h9-11,13-16,18,23H,12H2,1-8H3. The summed E-state index contributed by atoms with van der Waals surface area (Å²) in [5.74, 6) is 0.490. The highest BCUT2D eigenvalue weighted by Crippen LogP contribution is 2.38. The molecule has 1 rings (SSSR count). The van der Waals surface area contributed by atoms with Crippen LogP contribution in [0.25, 0.3) is 0 Å². The van der Waals surface area contributed by atoms with Gasteiger partial charge in [0.15, 0.2) is 0 Å². The molecule has 0 aromatic rings. The summed E-state index contributed by atoms with van der Waals surface area (Å²) in [5, 5.41) is 11.1. The van der Waals surface area contributed by atoms with Crippen LogP contribution >= 0.6 is 0 Å². The normalized spacial score (nSPS) is 19.0. The predicted molar refractivity (Wildman–Crippen MR) is 97.1 cm³/mol. The van der Waals surface area contributed by atoms with E-state index < -0.39 is 5.60 Å². The van der Waals surface area contributed by atoms with Gasteiger partial charge in [-0.1, -0.05) is 45.9 Å². The number of carbonyl (C=O) groups excluding carboxylic acids is 1. The molecule has 1 amide bonds. The van der Waals surface area contributed by atoms with Gasteiger partial charge in [0.1, 0.15) is 0 Å². The summed E-state index contributed by atoms with van der Waals surface area (Å²) < 4.78 is 0. The molecular formula is C20H35NO2. The third-order valence-electron chi connectivity index (χ3n) is 5.14. The van der Waals surface area contributed by atoms with Gasteiger partial charge >= 0.3 is 0 Å². The molecule has 0 aromatic heterocycles. The lowest BCUT2D eigenvalue weighted by Gasteiger charge is -2.42. The average molecular weight is 322 g/mol. The van der Waals surface area contributed by atoms with Crippen molar-refractivity contribution >= 4 is 5.91 Å². The molecule has 0 saturated carbocycles. The Morgan fingerprint density at radius 3 is 1.87 bits per heavy atom. The molecule has 3 heteroatoms. The summed E-state index contributed by atoms with van der Waals surface area (Å²) in [6.45, 7) is 16.5. The second-order valence-corrected chi connectivity index (χ2v) is 7.96. The molecule has 0 radical (unpaired) electrons. The van der Waals surface area contributed by atoms with Gasteiger partial charge in [0.2, 0.25) is 0 Å². The zero-order valence-electron chi connectivity index (χ0n) is 16.1. The zero-order valence-corrected chi connectivity index (χ0v) is 16.1. The predicted octanol–water partition coefficient (Wildman–Crippen LogP) is 4.18. The maximum Gasteiger partial charge on any atom is 0.253 e. The molecular weight excluding hydrogens is 286 g/mol. The molecule has 0 spiro atoms. The summed E-state index contributed by atoms with van der Waals surface area (Å²) in [7, 11) is 0. The highest BCUT2D eigenvalue weighted by molar-refractivity contribution is 5.96. The molecule has 0 aromatic carbocycles. The van der Waals surface area contributed by atoms with Crippen LogP contribution in [0.5, 0.6) is 0 Å². The highest BCUT2D eigenvalue weighted by Gasteiger charge is 2.41. The van der Waals surface area contributed by atoms with Crippen molar-refractivity contribution in [3.63, 3.8) is 0 Å². The number of allylic oxidation sites excluding steroid dienone is 1. The van der Waals surface area contributed by atoms with Crippen LogP contribution in [0.4, 0.5) is 0 Å². The maximum atomic E-state index is 12.7. The van der Waals surface area contributed by atoms with Gasteiger partial charge in [-0.15, -0.1) is 0 Å². The Hall–Kier alpha value is -1.09. The average Bonchev–Trinajstić information content (AvgIpc) is 2.45. The van der Waals surface area contributed by atoms with Crippen molar-refractivity contribution in [2.45, 2.75) is 79.5 Å². The van der Waals surface area contributed by atoms with Gasteiger partial charge in [-0.2, -0.15) is 0 Å². The van der Waals surface area contributed by atoms with E-state index in [-0.39, 0.29) is 35.7 Å². The number of carbonyl (C=O) groups is 1. The molecule has 23 heavy (non-hydrogen) atoms. The molecule has 0 saturated heterocycles. The second kappa shape index (κ2) is 7.65. The quantitative estimate of drug-likeness (QED) is 0.797. The van der Waals surface area contributed by atoms with Crippen molar-refractivity contribution in [3.8, 4) is 0 Å². The minimum atomic E-state index is -0.739. The van der Waals surface area contributed by atoms with Gasteiger partial charge < -0.3 is 10.0 Å². The minimum Gasteiger partial charge on any atom is -0.389 e. The molecule has 1 N–H and O–H groups in total. The SMILES string of the molecule is CC(C)N(C(=O)C1=CCC(C(O)(C(C)C)C(C)C)C=C1)C(C)C. The number of rotatable bonds is 6. The number of aliphatic hydroxyl groups is 1. The summed E-state index contributed by atoms with van der Waals surface area (Å²) in [4.78, 5) is 14.7. The number of amides is 1. The second-order valence-electron chi connectivity index (χ2n) is 7.96. The smallest absolute Gasteiger partial charge is 0.253 e. The van der Waals surface area contributed by atoms with Crippen molar-refractivity contribution in [1.82, 2.24) is 4.90 Å². The third-order valence-corrected chi connectivity index (χ3v) is 5.14.